The van der Waals surface area contributed by atoms with Crippen molar-refractivity contribution in [2.24, 2.45) is 0 Å². The van der Waals surface area contributed by atoms with Crippen LogP contribution in [0.3, 0.4) is 0 Å². The van der Waals surface area contributed by atoms with Crippen LogP contribution in [0.15, 0.2) is 5.38 Å². The summed E-state index contributed by atoms with van der Waals surface area (Å²) in [6, 6.07) is -0.226. The molecule has 0 aliphatic heterocycles. The lowest BCUT2D eigenvalue weighted by Crippen LogP contribution is -2.47. The van der Waals surface area contributed by atoms with Gasteiger partial charge in [-0.25, -0.2) is 14.6 Å². The molecule has 1 saturated carbocycles. The van der Waals surface area contributed by atoms with Crippen molar-refractivity contribution >= 4 is 29.3 Å². The van der Waals surface area contributed by atoms with Crippen molar-refractivity contribution in [2.75, 3.05) is 20.3 Å². The first-order valence-corrected chi connectivity index (χ1v) is 9.66. The fourth-order valence-corrected chi connectivity index (χ4v) is 3.71. The Balaban J connectivity index is 2.05. The van der Waals surface area contributed by atoms with Crippen molar-refractivity contribution < 1.29 is 23.9 Å². The van der Waals surface area contributed by atoms with Crippen LogP contribution in [0.4, 0.5) is 4.79 Å². The zero-order valence-electron chi connectivity index (χ0n) is 15.2. The maximum absolute atomic E-state index is 12.6. The monoisotopic (exact) mass is 383 g/mol. The van der Waals surface area contributed by atoms with E-state index in [-0.39, 0.29) is 30.9 Å². The summed E-state index contributed by atoms with van der Waals surface area (Å²) in [5.41, 5.74) is 0.239. The number of carbonyl (C=O) groups excluding carboxylic acids is 3. The molecular weight excluding hydrogens is 358 g/mol. The van der Waals surface area contributed by atoms with Gasteiger partial charge in [0.05, 0.1) is 20.3 Å². The van der Waals surface area contributed by atoms with Crippen LogP contribution in [0.25, 0.3) is 0 Å². The highest BCUT2D eigenvalue weighted by Gasteiger charge is 2.27. The Morgan fingerprint density at radius 3 is 2.69 bits per heavy atom. The largest absolute Gasteiger partial charge is 0.465 e. The second kappa shape index (κ2) is 10.1. The number of carbonyl (C=O) groups is 3. The Kier molecular flexibility index (Phi) is 7.83. The number of rotatable bonds is 7. The Morgan fingerprint density at radius 2 is 2.04 bits per heavy atom. The van der Waals surface area contributed by atoms with Gasteiger partial charge in [-0.05, 0) is 19.8 Å². The number of esters is 2. The first kappa shape index (κ1) is 20.2. The molecule has 2 rings (SSSR count). The summed E-state index contributed by atoms with van der Waals surface area (Å²) >= 11 is 1.31. The van der Waals surface area contributed by atoms with Crippen LogP contribution >= 0.6 is 11.3 Å². The number of aromatic nitrogens is 1. The van der Waals surface area contributed by atoms with Gasteiger partial charge in [-0.3, -0.25) is 4.79 Å². The zero-order valence-corrected chi connectivity index (χ0v) is 16.0. The van der Waals surface area contributed by atoms with Crippen LogP contribution < -0.4 is 5.32 Å². The Bertz CT molecular complexity index is 628. The SMILES string of the molecule is CCOC(=O)CNC(=O)N(Cc1nc(C(=O)OC)cs1)C1CCCCC1. The molecule has 0 bridgehead atoms. The summed E-state index contributed by atoms with van der Waals surface area (Å²) in [4.78, 5) is 41.7. The first-order valence-electron chi connectivity index (χ1n) is 8.78. The van der Waals surface area contributed by atoms with E-state index < -0.39 is 11.9 Å². The molecule has 0 aromatic carbocycles. The molecule has 1 aliphatic rings. The second-order valence-corrected chi connectivity index (χ2v) is 6.94. The maximum Gasteiger partial charge on any atom is 0.357 e. The van der Waals surface area contributed by atoms with Crippen LogP contribution in [-0.4, -0.2) is 54.2 Å². The van der Waals surface area contributed by atoms with Gasteiger partial charge in [-0.2, -0.15) is 0 Å². The van der Waals surface area contributed by atoms with Gasteiger partial charge in [-0.15, -0.1) is 11.3 Å². The quantitative estimate of drug-likeness (QED) is 0.726. The van der Waals surface area contributed by atoms with E-state index in [9.17, 15) is 14.4 Å². The third kappa shape index (κ3) is 5.69. The average Bonchev–Trinajstić information content (AvgIpc) is 3.13. The minimum atomic E-state index is -0.497. The predicted octanol–water partition coefficient (Wildman–Crippen LogP) is 2.34. The molecule has 144 valence electrons. The first-order chi connectivity index (χ1) is 12.5. The van der Waals surface area contributed by atoms with Crippen LogP contribution in [0.2, 0.25) is 0 Å². The van der Waals surface area contributed by atoms with Gasteiger partial charge in [0.1, 0.15) is 11.6 Å². The topological polar surface area (TPSA) is 97.8 Å². The highest BCUT2D eigenvalue weighted by molar-refractivity contribution is 7.09. The Labute approximate surface area is 156 Å². The van der Waals surface area contributed by atoms with Crippen LogP contribution in [0.5, 0.6) is 0 Å². The fourth-order valence-electron chi connectivity index (χ4n) is 2.95. The summed E-state index contributed by atoms with van der Waals surface area (Å²) in [5.74, 6) is -0.963. The van der Waals surface area contributed by atoms with Crippen molar-refractivity contribution in [1.82, 2.24) is 15.2 Å². The number of hydrogen-bond donors (Lipinski definition) is 1. The summed E-state index contributed by atoms with van der Waals surface area (Å²) in [7, 11) is 1.30. The third-order valence-corrected chi connectivity index (χ3v) is 5.05. The predicted molar refractivity (Wildman–Crippen MR) is 95.9 cm³/mol. The second-order valence-electron chi connectivity index (χ2n) is 6.00. The van der Waals surface area contributed by atoms with Gasteiger partial charge >= 0.3 is 18.0 Å². The number of nitrogens with one attached hydrogen (secondary N) is 1. The molecule has 1 aromatic rings. The molecule has 1 fully saturated rings. The molecule has 1 N–H and O–H groups in total. The Hall–Kier alpha value is -2.16. The smallest absolute Gasteiger partial charge is 0.357 e. The molecule has 1 aromatic heterocycles. The number of ether oxygens (including phenoxy) is 2. The van der Waals surface area contributed by atoms with E-state index >= 15 is 0 Å². The van der Waals surface area contributed by atoms with E-state index in [2.05, 4.69) is 15.0 Å². The number of amides is 2. The molecule has 0 saturated heterocycles. The third-order valence-electron chi connectivity index (χ3n) is 4.22. The molecule has 8 nitrogen and oxygen atoms in total. The molecule has 0 unspecified atom stereocenters. The molecule has 1 heterocycles. The molecule has 1 aliphatic carbocycles. The highest BCUT2D eigenvalue weighted by Crippen LogP contribution is 2.25. The molecule has 0 spiro atoms. The Morgan fingerprint density at radius 1 is 1.31 bits per heavy atom. The molecule has 0 radical (unpaired) electrons. The summed E-state index contributed by atoms with van der Waals surface area (Å²) in [5, 5.41) is 4.90. The van der Waals surface area contributed by atoms with Crippen molar-refractivity contribution in [2.45, 2.75) is 51.6 Å². The van der Waals surface area contributed by atoms with Gasteiger partial charge in [0, 0.05) is 11.4 Å². The number of methoxy groups -OCH3 is 1. The zero-order chi connectivity index (χ0) is 18.9. The maximum atomic E-state index is 12.6. The number of nitrogens with zero attached hydrogens (tertiary/aromatic N) is 2. The van der Waals surface area contributed by atoms with Crippen LogP contribution in [0.1, 0.15) is 54.5 Å². The minimum Gasteiger partial charge on any atom is -0.465 e. The molecule has 0 atom stereocenters. The van der Waals surface area contributed by atoms with E-state index in [4.69, 9.17) is 4.74 Å². The summed E-state index contributed by atoms with van der Waals surface area (Å²) < 4.78 is 9.51. The lowest BCUT2D eigenvalue weighted by Gasteiger charge is -2.33. The molecular formula is C17H25N3O5S. The van der Waals surface area contributed by atoms with E-state index in [0.717, 1.165) is 25.7 Å². The van der Waals surface area contributed by atoms with Crippen LogP contribution in [0, 0.1) is 0 Å². The highest BCUT2D eigenvalue weighted by atomic mass is 32.1. The molecule has 2 amide bonds. The lowest BCUT2D eigenvalue weighted by atomic mass is 9.94. The van der Waals surface area contributed by atoms with Gasteiger partial charge in [0.2, 0.25) is 0 Å². The van der Waals surface area contributed by atoms with E-state index in [1.165, 1.54) is 24.9 Å². The van der Waals surface area contributed by atoms with Gasteiger partial charge < -0.3 is 19.7 Å². The summed E-state index contributed by atoms with van der Waals surface area (Å²) in [6.07, 6.45) is 5.14. The van der Waals surface area contributed by atoms with Crippen molar-refractivity contribution in [3.8, 4) is 0 Å². The van der Waals surface area contributed by atoms with Crippen molar-refractivity contribution in [1.29, 1.82) is 0 Å². The standard InChI is InChI=1S/C17H25N3O5S/c1-3-25-15(21)9-18-17(23)20(12-7-5-4-6-8-12)10-14-19-13(11-26-14)16(22)24-2/h11-12H,3-10H2,1-2H3,(H,18,23). The van der Waals surface area contributed by atoms with E-state index in [0.29, 0.717) is 11.6 Å². The van der Waals surface area contributed by atoms with E-state index in [1.54, 1.807) is 17.2 Å². The summed E-state index contributed by atoms with van der Waals surface area (Å²) in [6.45, 7) is 2.12. The number of thiazole rings is 1. The normalized spacial score (nSPS) is 14.5. The number of urea groups is 1. The lowest BCUT2D eigenvalue weighted by molar-refractivity contribution is -0.141. The van der Waals surface area contributed by atoms with Crippen LogP contribution in [-0.2, 0) is 20.8 Å². The van der Waals surface area contributed by atoms with Crippen molar-refractivity contribution in [3.63, 3.8) is 0 Å². The van der Waals surface area contributed by atoms with Gasteiger partial charge in [-0.1, -0.05) is 19.3 Å². The molecule has 26 heavy (non-hydrogen) atoms. The molecule has 9 heteroatoms. The minimum absolute atomic E-state index is 0.0939. The van der Waals surface area contributed by atoms with Gasteiger partial charge in [0.25, 0.3) is 0 Å². The average molecular weight is 383 g/mol. The van der Waals surface area contributed by atoms with E-state index in [1.807, 2.05) is 0 Å². The van der Waals surface area contributed by atoms with Gasteiger partial charge in [0.15, 0.2) is 5.69 Å². The number of hydrogen-bond acceptors (Lipinski definition) is 7. The van der Waals surface area contributed by atoms with Crippen molar-refractivity contribution in [3.05, 3.63) is 16.1 Å². The fraction of sp³-hybridized carbons (Fsp3) is 0.647.